The number of fused-ring (bicyclic) bond motifs is 1. The highest BCUT2D eigenvalue weighted by molar-refractivity contribution is 6.33. The number of carbonyl (C=O) groups is 1. The van der Waals surface area contributed by atoms with Gasteiger partial charge >= 0.3 is 0 Å². The number of rotatable bonds is 2. The molecule has 0 unspecified atom stereocenters. The molecule has 1 aliphatic carbocycles. The molecule has 4 heteroatoms. The molecule has 0 radical (unpaired) electrons. The van der Waals surface area contributed by atoms with Gasteiger partial charge in [-0.1, -0.05) is 41.9 Å². The van der Waals surface area contributed by atoms with Crippen LogP contribution in [0.25, 0.3) is 0 Å². The minimum Gasteiger partial charge on any atom is -0.349 e. The monoisotopic (exact) mass is 289 g/mol. The highest BCUT2D eigenvalue weighted by Gasteiger charge is 2.24. The van der Waals surface area contributed by atoms with E-state index in [0.717, 1.165) is 12.8 Å². The predicted molar refractivity (Wildman–Crippen MR) is 76.5 cm³/mol. The maximum atomic E-state index is 13.7. The molecule has 2 aromatic rings. The zero-order valence-electron chi connectivity index (χ0n) is 10.7. The van der Waals surface area contributed by atoms with E-state index >= 15 is 0 Å². The smallest absolute Gasteiger partial charge is 0.256 e. The standard InChI is InChI=1S/C16H13ClFNO/c17-13-6-3-7-14(18)15(13)16(20)19-12-8-10-4-1-2-5-11(10)9-12/h1-7,12H,8-9H2,(H,19,20). The Labute approximate surface area is 121 Å². The van der Waals surface area contributed by atoms with Crippen molar-refractivity contribution in [3.63, 3.8) is 0 Å². The second-order valence-electron chi connectivity index (χ2n) is 4.94. The zero-order chi connectivity index (χ0) is 14.1. The maximum Gasteiger partial charge on any atom is 0.256 e. The summed E-state index contributed by atoms with van der Waals surface area (Å²) in [4.78, 5) is 12.2. The summed E-state index contributed by atoms with van der Waals surface area (Å²) in [6, 6.07) is 12.3. The van der Waals surface area contributed by atoms with E-state index in [0.29, 0.717) is 0 Å². The first-order valence-corrected chi connectivity index (χ1v) is 6.84. The Balaban J connectivity index is 1.76. The summed E-state index contributed by atoms with van der Waals surface area (Å²) in [5.74, 6) is -1.04. The number of benzene rings is 2. The largest absolute Gasteiger partial charge is 0.349 e. The predicted octanol–water partition coefficient (Wildman–Crippen LogP) is 3.38. The highest BCUT2D eigenvalue weighted by atomic mass is 35.5. The lowest BCUT2D eigenvalue weighted by Gasteiger charge is -2.13. The fraction of sp³-hybridized carbons (Fsp3) is 0.188. The molecule has 1 aliphatic rings. The third-order valence-electron chi connectivity index (χ3n) is 3.58. The van der Waals surface area contributed by atoms with Gasteiger partial charge < -0.3 is 5.32 Å². The molecule has 0 aromatic heterocycles. The van der Waals surface area contributed by atoms with Gasteiger partial charge in [-0.25, -0.2) is 4.39 Å². The Hall–Kier alpha value is -1.87. The van der Waals surface area contributed by atoms with Crippen LogP contribution in [0.5, 0.6) is 0 Å². The minimum atomic E-state index is -0.592. The minimum absolute atomic E-state index is 0.00410. The molecule has 3 rings (SSSR count). The quantitative estimate of drug-likeness (QED) is 0.902. The zero-order valence-corrected chi connectivity index (χ0v) is 11.5. The molecular formula is C16H13ClFNO. The number of hydrogen-bond acceptors (Lipinski definition) is 1. The Morgan fingerprint density at radius 3 is 2.35 bits per heavy atom. The lowest BCUT2D eigenvalue weighted by molar-refractivity contribution is 0.0934. The van der Waals surface area contributed by atoms with Gasteiger partial charge in [-0.2, -0.15) is 0 Å². The normalized spacial score (nSPS) is 14.1. The second kappa shape index (κ2) is 5.25. The Kier molecular flexibility index (Phi) is 3.45. The van der Waals surface area contributed by atoms with Gasteiger partial charge in [-0.05, 0) is 36.1 Å². The lowest BCUT2D eigenvalue weighted by Crippen LogP contribution is -2.35. The molecule has 2 nitrogen and oxygen atoms in total. The topological polar surface area (TPSA) is 29.1 Å². The van der Waals surface area contributed by atoms with Crippen LogP contribution in [0.15, 0.2) is 42.5 Å². The van der Waals surface area contributed by atoms with E-state index in [1.807, 2.05) is 12.1 Å². The van der Waals surface area contributed by atoms with Crippen LogP contribution in [-0.2, 0) is 12.8 Å². The van der Waals surface area contributed by atoms with Gasteiger partial charge in [0.15, 0.2) is 0 Å². The molecule has 20 heavy (non-hydrogen) atoms. The van der Waals surface area contributed by atoms with Crippen LogP contribution in [0, 0.1) is 5.82 Å². The van der Waals surface area contributed by atoms with Crippen molar-refractivity contribution >= 4 is 17.5 Å². The van der Waals surface area contributed by atoms with E-state index in [1.165, 1.54) is 29.3 Å². The van der Waals surface area contributed by atoms with E-state index < -0.39 is 11.7 Å². The second-order valence-corrected chi connectivity index (χ2v) is 5.35. The van der Waals surface area contributed by atoms with Crippen molar-refractivity contribution in [2.75, 3.05) is 0 Å². The average Bonchev–Trinajstić information content (AvgIpc) is 2.80. The molecule has 0 heterocycles. The summed E-state index contributed by atoms with van der Waals surface area (Å²) in [7, 11) is 0. The van der Waals surface area contributed by atoms with Crippen molar-refractivity contribution in [2.45, 2.75) is 18.9 Å². The molecule has 1 amide bonds. The van der Waals surface area contributed by atoms with Gasteiger partial charge in [0.1, 0.15) is 5.82 Å². The third-order valence-corrected chi connectivity index (χ3v) is 3.89. The summed E-state index contributed by atoms with van der Waals surface area (Å²) in [5, 5.41) is 3.00. The number of halogens is 2. The molecule has 2 aromatic carbocycles. The SMILES string of the molecule is O=C(NC1Cc2ccccc2C1)c1c(F)cccc1Cl. The fourth-order valence-corrected chi connectivity index (χ4v) is 2.88. The molecule has 102 valence electrons. The first-order chi connectivity index (χ1) is 9.65. The van der Waals surface area contributed by atoms with E-state index in [1.54, 1.807) is 0 Å². The molecule has 0 atom stereocenters. The molecule has 0 saturated carbocycles. The van der Waals surface area contributed by atoms with Crippen molar-refractivity contribution in [1.29, 1.82) is 0 Å². The van der Waals surface area contributed by atoms with Gasteiger partial charge in [0, 0.05) is 6.04 Å². The summed E-state index contributed by atoms with van der Waals surface area (Å²) in [6.45, 7) is 0. The molecule has 1 N–H and O–H groups in total. The molecule has 0 bridgehead atoms. The van der Waals surface area contributed by atoms with Gasteiger partial charge in [0.2, 0.25) is 0 Å². The van der Waals surface area contributed by atoms with Gasteiger partial charge in [-0.15, -0.1) is 0 Å². The van der Waals surface area contributed by atoms with Crippen molar-refractivity contribution < 1.29 is 9.18 Å². The summed E-state index contributed by atoms with van der Waals surface area (Å²) < 4.78 is 13.7. The van der Waals surface area contributed by atoms with Crippen molar-refractivity contribution in [3.8, 4) is 0 Å². The Morgan fingerprint density at radius 1 is 1.10 bits per heavy atom. The van der Waals surface area contributed by atoms with Gasteiger partial charge in [0.25, 0.3) is 5.91 Å². The van der Waals surface area contributed by atoms with E-state index in [-0.39, 0.29) is 16.6 Å². The van der Waals surface area contributed by atoms with Crippen molar-refractivity contribution in [2.24, 2.45) is 0 Å². The van der Waals surface area contributed by atoms with Crippen LogP contribution in [0.4, 0.5) is 4.39 Å². The van der Waals surface area contributed by atoms with Crippen LogP contribution < -0.4 is 5.32 Å². The number of hydrogen-bond donors (Lipinski definition) is 1. The third kappa shape index (κ3) is 2.41. The average molecular weight is 290 g/mol. The van der Waals surface area contributed by atoms with Crippen LogP contribution in [-0.4, -0.2) is 11.9 Å². The number of amides is 1. The van der Waals surface area contributed by atoms with Gasteiger partial charge in [-0.3, -0.25) is 4.79 Å². The van der Waals surface area contributed by atoms with Crippen molar-refractivity contribution in [1.82, 2.24) is 5.32 Å². The van der Waals surface area contributed by atoms with Crippen LogP contribution in [0.1, 0.15) is 21.5 Å². The number of carbonyl (C=O) groups excluding carboxylic acids is 1. The molecule has 0 spiro atoms. The lowest BCUT2D eigenvalue weighted by atomic mass is 10.1. The van der Waals surface area contributed by atoms with Crippen LogP contribution >= 0.6 is 11.6 Å². The van der Waals surface area contributed by atoms with E-state index in [2.05, 4.69) is 17.4 Å². The first kappa shape index (κ1) is 13.1. The molecular weight excluding hydrogens is 277 g/mol. The Bertz CT molecular complexity index is 626. The molecule has 0 aliphatic heterocycles. The highest BCUT2D eigenvalue weighted by Crippen LogP contribution is 2.23. The first-order valence-electron chi connectivity index (χ1n) is 6.47. The fourth-order valence-electron chi connectivity index (χ4n) is 2.63. The maximum absolute atomic E-state index is 13.7. The van der Waals surface area contributed by atoms with Crippen LogP contribution in [0.2, 0.25) is 5.02 Å². The summed E-state index contributed by atoms with van der Waals surface area (Å²) >= 11 is 5.90. The molecule has 0 saturated heterocycles. The van der Waals surface area contributed by atoms with Crippen molar-refractivity contribution in [3.05, 3.63) is 70.0 Å². The summed E-state index contributed by atoms with van der Waals surface area (Å²) in [6.07, 6.45) is 1.54. The summed E-state index contributed by atoms with van der Waals surface area (Å²) in [5.41, 5.74) is 2.39. The number of nitrogens with one attached hydrogen (secondary N) is 1. The van der Waals surface area contributed by atoms with Crippen LogP contribution in [0.3, 0.4) is 0 Å². The van der Waals surface area contributed by atoms with E-state index in [4.69, 9.17) is 11.6 Å². The van der Waals surface area contributed by atoms with E-state index in [9.17, 15) is 9.18 Å². The Morgan fingerprint density at radius 2 is 1.75 bits per heavy atom. The molecule has 0 fully saturated rings. The van der Waals surface area contributed by atoms with Gasteiger partial charge in [0.05, 0.1) is 10.6 Å².